The van der Waals surface area contributed by atoms with Crippen molar-refractivity contribution in [1.29, 1.82) is 0 Å². The summed E-state index contributed by atoms with van der Waals surface area (Å²) in [7, 11) is 0. The van der Waals surface area contributed by atoms with E-state index in [1.165, 1.54) is 0 Å². The minimum Gasteiger partial charge on any atom is -0.303 e. The Bertz CT molecular complexity index is 575. The molecule has 19 heavy (non-hydrogen) atoms. The lowest BCUT2D eigenvalue weighted by Crippen LogP contribution is -2.25. The summed E-state index contributed by atoms with van der Waals surface area (Å²) in [6.07, 6.45) is 2.11. The van der Waals surface area contributed by atoms with Crippen LogP contribution in [0.5, 0.6) is 0 Å². The molecule has 0 spiro atoms. The average molecular weight is 252 g/mol. The van der Waals surface area contributed by atoms with Gasteiger partial charge < -0.3 is 4.79 Å². The maximum atomic E-state index is 11.2. The highest BCUT2D eigenvalue weighted by molar-refractivity contribution is 5.79. The smallest absolute Gasteiger partial charge is 0.150 e. The molecule has 0 saturated heterocycles. The van der Waals surface area contributed by atoms with Crippen LogP contribution in [0.1, 0.15) is 34.8 Å². The number of aldehydes is 2. The Morgan fingerprint density at radius 2 is 1.58 bits per heavy atom. The van der Waals surface area contributed by atoms with Gasteiger partial charge in [0.2, 0.25) is 0 Å². The Balaban J connectivity index is 2.62. The molecule has 1 atom stereocenters. The Labute approximate surface area is 113 Å². The van der Waals surface area contributed by atoms with Crippen molar-refractivity contribution in [2.24, 2.45) is 0 Å². The number of carbonyl (C=O) groups is 2. The van der Waals surface area contributed by atoms with Gasteiger partial charge in [0, 0.05) is 17.4 Å². The van der Waals surface area contributed by atoms with E-state index in [9.17, 15) is 9.59 Å². The summed E-state index contributed by atoms with van der Waals surface area (Å²) in [6, 6.07) is 17.2. The van der Waals surface area contributed by atoms with Crippen LogP contribution in [-0.2, 0) is 10.2 Å². The maximum absolute atomic E-state index is 11.2. The van der Waals surface area contributed by atoms with Crippen LogP contribution in [0, 0.1) is 0 Å². The predicted octanol–water partition coefficient (Wildman–Crippen LogP) is 3.39. The summed E-state index contributed by atoms with van der Waals surface area (Å²) in [6.45, 7) is 2.00. The Morgan fingerprint density at radius 1 is 0.947 bits per heavy atom. The minimum absolute atomic E-state index is 0.349. The lowest BCUT2D eigenvalue weighted by Gasteiger charge is -2.30. The molecule has 0 aliphatic heterocycles. The van der Waals surface area contributed by atoms with Gasteiger partial charge in [-0.25, -0.2) is 0 Å². The van der Waals surface area contributed by atoms with Crippen LogP contribution in [0.2, 0.25) is 0 Å². The fraction of sp³-hybridized carbons (Fsp3) is 0.176. The summed E-state index contributed by atoms with van der Waals surface area (Å²) in [5, 5.41) is 0. The van der Waals surface area contributed by atoms with Crippen molar-refractivity contribution in [1.82, 2.24) is 0 Å². The van der Waals surface area contributed by atoms with Gasteiger partial charge in [-0.15, -0.1) is 0 Å². The second kappa shape index (κ2) is 5.61. The van der Waals surface area contributed by atoms with Gasteiger partial charge in [0.15, 0.2) is 0 Å². The SMILES string of the molecule is CC(CC=O)(c1ccccc1)c1ccccc1C=O. The number of benzene rings is 2. The van der Waals surface area contributed by atoms with E-state index in [0.29, 0.717) is 12.0 Å². The number of hydrogen-bond acceptors (Lipinski definition) is 2. The molecule has 2 aromatic rings. The zero-order valence-corrected chi connectivity index (χ0v) is 10.9. The summed E-state index contributed by atoms with van der Waals surface area (Å²) in [5.41, 5.74) is 2.09. The zero-order chi connectivity index (χ0) is 13.7. The van der Waals surface area contributed by atoms with Gasteiger partial charge in [0.1, 0.15) is 12.6 Å². The van der Waals surface area contributed by atoms with Crippen molar-refractivity contribution < 1.29 is 9.59 Å². The van der Waals surface area contributed by atoms with Crippen molar-refractivity contribution in [3.63, 3.8) is 0 Å². The van der Waals surface area contributed by atoms with E-state index >= 15 is 0 Å². The van der Waals surface area contributed by atoms with Crippen molar-refractivity contribution in [3.05, 3.63) is 71.3 Å². The third-order valence-corrected chi connectivity index (χ3v) is 3.58. The molecule has 0 bridgehead atoms. The molecule has 0 amide bonds. The molecule has 2 aromatic carbocycles. The summed E-state index contributed by atoms with van der Waals surface area (Å²) in [4.78, 5) is 22.3. The van der Waals surface area contributed by atoms with Crippen molar-refractivity contribution in [2.75, 3.05) is 0 Å². The molecule has 0 radical (unpaired) electrons. The second-order valence-electron chi connectivity index (χ2n) is 4.77. The molecular weight excluding hydrogens is 236 g/mol. The highest BCUT2D eigenvalue weighted by Crippen LogP contribution is 2.35. The molecule has 96 valence electrons. The van der Waals surface area contributed by atoms with Crippen LogP contribution in [0.25, 0.3) is 0 Å². The zero-order valence-electron chi connectivity index (χ0n) is 10.9. The Morgan fingerprint density at radius 3 is 2.21 bits per heavy atom. The summed E-state index contributed by atoms with van der Waals surface area (Å²) in [5.74, 6) is 0. The molecule has 0 aliphatic carbocycles. The highest BCUT2D eigenvalue weighted by Gasteiger charge is 2.30. The fourth-order valence-corrected chi connectivity index (χ4v) is 2.46. The molecule has 2 rings (SSSR count). The first kappa shape index (κ1) is 13.2. The van der Waals surface area contributed by atoms with E-state index < -0.39 is 5.41 Å². The predicted molar refractivity (Wildman–Crippen MR) is 75.4 cm³/mol. The monoisotopic (exact) mass is 252 g/mol. The van der Waals surface area contributed by atoms with Crippen LogP contribution in [0.15, 0.2) is 54.6 Å². The van der Waals surface area contributed by atoms with E-state index in [0.717, 1.165) is 23.7 Å². The van der Waals surface area contributed by atoms with Gasteiger partial charge in [-0.05, 0) is 11.1 Å². The third-order valence-electron chi connectivity index (χ3n) is 3.58. The van der Waals surface area contributed by atoms with Gasteiger partial charge in [-0.1, -0.05) is 61.5 Å². The molecule has 0 aromatic heterocycles. The molecule has 0 fully saturated rings. The maximum Gasteiger partial charge on any atom is 0.150 e. The number of hydrogen-bond donors (Lipinski definition) is 0. The molecule has 0 N–H and O–H groups in total. The molecule has 2 heteroatoms. The van der Waals surface area contributed by atoms with Crippen molar-refractivity contribution in [3.8, 4) is 0 Å². The third kappa shape index (κ3) is 2.48. The number of carbonyl (C=O) groups excluding carboxylic acids is 2. The lowest BCUT2D eigenvalue weighted by molar-refractivity contribution is -0.108. The van der Waals surface area contributed by atoms with Crippen LogP contribution >= 0.6 is 0 Å². The van der Waals surface area contributed by atoms with Gasteiger partial charge in [-0.2, -0.15) is 0 Å². The molecule has 0 aliphatic rings. The minimum atomic E-state index is -0.472. The average Bonchev–Trinajstić information content (AvgIpc) is 2.48. The lowest BCUT2D eigenvalue weighted by atomic mass is 9.72. The molecule has 1 unspecified atom stereocenters. The van der Waals surface area contributed by atoms with Gasteiger partial charge in [0.05, 0.1) is 0 Å². The van der Waals surface area contributed by atoms with Gasteiger partial charge in [0.25, 0.3) is 0 Å². The van der Waals surface area contributed by atoms with Crippen molar-refractivity contribution in [2.45, 2.75) is 18.8 Å². The Kier molecular flexibility index (Phi) is 3.91. The highest BCUT2D eigenvalue weighted by atomic mass is 16.1. The number of rotatable bonds is 5. The first-order valence-corrected chi connectivity index (χ1v) is 6.26. The van der Waals surface area contributed by atoms with E-state index in [-0.39, 0.29) is 0 Å². The summed E-state index contributed by atoms with van der Waals surface area (Å²) < 4.78 is 0. The Hall–Kier alpha value is -2.22. The molecule has 0 saturated carbocycles. The quantitative estimate of drug-likeness (QED) is 0.764. The van der Waals surface area contributed by atoms with Crippen molar-refractivity contribution >= 4 is 12.6 Å². The van der Waals surface area contributed by atoms with E-state index in [4.69, 9.17) is 0 Å². The molecular formula is C17H16O2. The first-order chi connectivity index (χ1) is 9.22. The molecule has 0 heterocycles. The first-order valence-electron chi connectivity index (χ1n) is 6.26. The molecule has 2 nitrogen and oxygen atoms in total. The van der Waals surface area contributed by atoms with E-state index in [1.807, 2.05) is 55.5 Å². The van der Waals surface area contributed by atoms with Crippen LogP contribution in [-0.4, -0.2) is 12.6 Å². The topological polar surface area (TPSA) is 34.1 Å². The van der Waals surface area contributed by atoms with Gasteiger partial charge >= 0.3 is 0 Å². The van der Waals surface area contributed by atoms with E-state index in [2.05, 4.69) is 0 Å². The largest absolute Gasteiger partial charge is 0.303 e. The van der Waals surface area contributed by atoms with Crippen LogP contribution in [0.4, 0.5) is 0 Å². The van der Waals surface area contributed by atoms with E-state index in [1.54, 1.807) is 6.07 Å². The second-order valence-corrected chi connectivity index (χ2v) is 4.77. The van der Waals surface area contributed by atoms with Crippen LogP contribution < -0.4 is 0 Å². The van der Waals surface area contributed by atoms with Gasteiger partial charge in [-0.3, -0.25) is 4.79 Å². The standard InChI is InChI=1S/C17H16O2/c1-17(11-12-18,15-8-3-2-4-9-15)16-10-6-5-7-14(16)13-19/h2-10,12-13H,11H2,1H3. The fourth-order valence-electron chi connectivity index (χ4n) is 2.46. The summed E-state index contributed by atoms with van der Waals surface area (Å²) >= 11 is 0. The van der Waals surface area contributed by atoms with Crippen LogP contribution in [0.3, 0.4) is 0 Å². The normalized spacial score (nSPS) is 13.5.